The van der Waals surface area contributed by atoms with Gasteiger partial charge in [0.25, 0.3) is 0 Å². The number of methoxy groups -OCH3 is 1. The van der Waals surface area contributed by atoms with Crippen molar-refractivity contribution < 1.29 is 4.74 Å². The highest BCUT2D eigenvalue weighted by atomic mass is 16.5. The van der Waals surface area contributed by atoms with Crippen LogP contribution in [0.5, 0.6) is 0 Å². The molecule has 0 saturated carbocycles. The van der Waals surface area contributed by atoms with Crippen molar-refractivity contribution in [2.75, 3.05) is 32.5 Å². The van der Waals surface area contributed by atoms with Crippen LogP contribution in [-0.2, 0) is 11.3 Å². The average Bonchev–Trinajstić information content (AvgIpc) is 2.45. The van der Waals surface area contributed by atoms with Crippen LogP contribution >= 0.6 is 0 Å². The fourth-order valence-corrected chi connectivity index (χ4v) is 2.32. The Balaban J connectivity index is 2.21. The second kappa shape index (κ2) is 7.08. The van der Waals surface area contributed by atoms with Crippen LogP contribution in [0.15, 0.2) is 49.1 Å². The third-order valence-electron chi connectivity index (χ3n) is 3.40. The number of nitrogens with zero attached hydrogens (tertiary/aromatic N) is 1. The standard InChI is InChI=1S/C17H22N2O/c1-3-8-19(9-10-20-2)13-16-11-14-6-4-5-7-15(14)12-17(16)18/h3-7,11-12H,1,8-10,13,18H2,2H3. The number of nitrogen functional groups attached to an aromatic ring is 1. The van der Waals surface area contributed by atoms with E-state index in [9.17, 15) is 0 Å². The summed E-state index contributed by atoms with van der Waals surface area (Å²) in [7, 11) is 1.72. The zero-order chi connectivity index (χ0) is 14.4. The van der Waals surface area contributed by atoms with Crippen molar-refractivity contribution in [3.8, 4) is 0 Å². The van der Waals surface area contributed by atoms with Crippen molar-refractivity contribution in [3.63, 3.8) is 0 Å². The molecule has 106 valence electrons. The topological polar surface area (TPSA) is 38.5 Å². The largest absolute Gasteiger partial charge is 0.398 e. The summed E-state index contributed by atoms with van der Waals surface area (Å²) in [6.45, 7) is 7.03. The molecule has 0 spiro atoms. The second-order valence-electron chi connectivity index (χ2n) is 4.91. The molecule has 0 amide bonds. The Morgan fingerprint density at radius 1 is 1.25 bits per heavy atom. The predicted octanol–water partition coefficient (Wildman–Crippen LogP) is 3.06. The summed E-state index contributed by atoms with van der Waals surface area (Å²) >= 11 is 0. The molecule has 0 radical (unpaired) electrons. The van der Waals surface area contributed by atoms with E-state index >= 15 is 0 Å². The van der Waals surface area contributed by atoms with Crippen LogP contribution in [-0.4, -0.2) is 31.7 Å². The number of fused-ring (bicyclic) bond motifs is 1. The first-order chi connectivity index (χ1) is 9.74. The molecule has 0 unspecified atom stereocenters. The molecule has 0 bridgehead atoms. The molecule has 0 aromatic heterocycles. The first-order valence-corrected chi connectivity index (χ1v) is 6.84. The van der Waals surface area contributed by atoms with Gasteiger partial charge in [0, 0.05) is 32.4 Å². The van der Waals surface area contributed by atoms with Crippen LogP contribution < -0.4 is 5.73 Å². The third-order valence-corrected chi connectivity index (χ3v) is 3.40. The summed E-state index contributed by atoms with van der Waals surface area (Å²) in [5.41, 5.74) is 8.17. The quantitative estimate of drug-likeness (QED) is 0.621. The van der Waals surface area contributed by atoms with Crippen LogP contribution in [0.2, 0.25) is 0 Å². The van der Waals surface area contributed by atoms with E-state index in [2.05, 4.69) is 35.7 Å². The number of rotatable bonds is 7. The van der Waals surface area contributed by atoms with Gasteiger partial charge >= 0.3 is 0 Å². The van der Waals surface area contributed by atoms with Gasteiger partial charge in [-0.15, -0.1) is 6.58 Å². The van der Waals surface area contributed by atoms with E-state index < -0.39 is 0 Å². The monoisotopic (exact) mass is 270 g/mol. The lowest BCUT2D eigenvalue weighted by Gasteiger charge is -2.21. The molecule has 2 aromatic rings. The van der Waals surface area contributed by atoms with E-state index in [4.69, 9.17) is 10.5 Å². The first-order valence-electron chi connectivity index (χ1n) is 6.84. The molecule has 0 aliphatic carbocycles. The zero-order valence-corrected chi connectivity index (χ0v) is 12.0. The lowest BCUT2D eigenvalue weighted by molar-refractivity contribution is 0.151. The molecule has 0 aliphatic rings. The maximum Gasteiger partial charge on any atom is 0.0589 e. The Morgan fingerprint density at radius 2 is 1.95 bits per heavy atom. The molecule has 20 heavy (non-hydrogen) atoms. The molecular weight excluding hydrogens is 248 g/mol. The highest BCUT2D eigenvalue weighted by Gasteiger charge is 2.08. The second-order valence-corrected chi connectivity index (χ2v) is 4.91. The lowest BCUT2D eigenvalue weighted by Crippen LogP contribution is -2.27. The Bertz CT molecular complexity index is 580. The van der Waals surface area contributed by atoms with Gasteiger partial charge in [-0.25, -0.2) is 0 Å². The summed E-state index contributed by atoms with van der Waals surface area (Å²) in [6.07, 6.45) is 1.91. The summed E-state index contributed by atoms with van der Waals surface area (Å²) in [4.78, 5) is 2.27. The van der Waals surface area contributed by atoms with Crippen LogP contribution in [0.1, 0.15) is 5.56 Å². The van der Waals surface area contributed by atoms with Gasteiger partial charge in [0.1, 0.15) is 0 Å². The fraction of sp³-hybridized carbons (Fsp3) is 0.294. The highest BCUT2D eigenvalue weighted by molar-refractivity contribution is 5.86. The first kappa shape index (κ1) is 14.6. The van der Waals surface area contributed by atoms with Crippen molar-refractivity contribution in [1.82, 2.24) is 4.90 Å². The summed E-state index contributed by atoms with van der Waals surface area (Å²) in [5.74, 6) is 0. The van der Waals surface area contributed by atoms with Crippen LogP contribution in [0.4, 0.5) is 5.69 Å². The van der Waals surface area contributed by atoms with Gasteiger partial charge in [0.2, 0.25) is 0 Å². The minimum absolute atomic E-state index is 0.710. The molecule has 0 fully saturated rings. The molecule has 0 saturated heterocycles. The minimum Gasteiger partial charge on any atom is -0.398 e. The Kier molecular flexibility index (Phi) is 5.16. The summed E-state index contributed by atoms with van der Waals surface area (Å²) in [5, 5.41) is 2.41. The van der Waals surface area contributed by atoms with Crippen molar-refractivity contribution in [2.24, 2.45) is 0 Å². The van der Waals surface area contributed by atoms with Gasteiger partial charge < -0.3 is 10.5 Å². The number of hydrogen-bond acceptors (Lipinski definition) is 3. The third kappa shape index (κ3) is 3.59. The molecule has 2 rings (SSSR count). The summed E-state index contributed by atoms with van der Waals surface area (Å²) in [6, 6.07) is 12.5. The minimum atomic E-state index is 0.710. The van der Waals surface area contributed by atoms with Gasteiger partial charge in [-0.2, -0.15) is 0 Å². The van der Waals surface area contributed by atoms with E-state index in [0.29, 0.717) is 6.61 Å². The van der Waals surface area contributed by atoms with E-state index in [0.717, 1.165) is 30.9 Å². The molecule has 3 nitrogen and oxygen atoms in total. The summed E-state index contributed by atoms with van der Waals surface area (Å²) < 4.78 is 5.15. The van der Waals surface area contributed by atoms with Crippen LogP contribution in [0.25, 0.3) is 10.8 Å². The number of nitrogens with two attached hydrogens (primary N) is 1. The normalized spacial score (nSPS) is 11.1. The number of ether oxygens (including phenoxy) is 1. The molecule has 3 heteroatoms. The van der Waals surface area contributed by atoms with Gasteiger partial charge in [0.15, 0.2) is 0 Å². The van der Waals surface area contributed by atoms with Crippen molar-refractivity contribution >= 4 is 16.5 Å². The van der Waals surface area contributed by atoms with Crippen LogP contribution in [0.3, 0.4) is 0 Å². The molecular formula is C17H22N2O. The maximum absolute atomic E-state index is 6.18. The van der Waals surface area contributed by atoms with Gasteiger partial charge in [0.05, 0.1) is 6.61 Å². The van der Waals surface area contributed by atoms with Gasteiger partial charge in [-0.1, -0.05) is 30.3 Å². The van der Waals surface area contributed by atoms with Crippen molar-refractivity contribution in [2.45, 2.75) is 6.54 Å². The Hall–Kier alpha value is -1.84. The molecule has 2 aromatic carbocycles. The fourth-order valence-electron chi connectivity index (χ4n) is 2.32. The Labute approximate surface area is 120 Å². The van der Waals surface area contributed by atoms with Gasteiger partial charge in [-0.05, 0) is 28.5 Å². The maximum atomic E-state index is 6.18. The lowest BCUT2D eigenvalue weighted by atomic mass is 10.0. The smallest absolute Gasteiger partial charge is 0.0589 e. The van der Waals surface area contributed by atoms with E-state index in [-0.39, 0.29) is 0 Å². The number of benzene rings is 2. The molecule has 0 heterocycles. The van der Waals surface area contributed by atoms with E-state index in [1.165, 1.54) is 10.8 Å². The van der Waals surface area contributed by atoms with Gasteiger partial charge in [-0.3, -0.25) is 4.90 Å². The van der Waals surface area contributed by atoms with Crippen molar-refractivity contribution in [1.29, 1.82) is 0 Å². The van der Waals surface area contributed by atoms with Crippen molar-refractivity contribution in [3.05, 3.63) is 54.6 Å². The highest BCUT2D eigenvalue weighted by Crippen LogP contribution is 2.23. The molecule has 2 N–H and O–H groups in total. The molecule has 0 atom stereocenters. The predicted molar refractivity (Wildman–Crippen MR) is 85.7 cm³/mol. The average molecular weight is 270 g/mol. The zero-order valence-electron chi connectivity index (χ0n) is 12.0. The number of anilines is 1. The van der Waals surface area contributed by atoms with E-state index in [1.807, 2.05) is 18.2 Å². The SMILES string of the molecule is C=CCN(CCOC)Cc1cc2ccccc2cc1N. The molecule has 0 aliphatic heterocycles. The number of hydrogen-bond donors (Lipinski definition) is 1. The Morgan fingerprint density at radius 3 is 2.60 bits per heavy atom. The van der Waals surface area contributed by atoms with Crippen LogP contribution in [0, 0.1) is 0 Å². The van der Waals surface area contributed by atoms with E-state index in [1.54, 1.807) is 7.11 Å².